The monoisotopic (exact) mass is 529 g/mol. The van der Waals surface area contributed by atoms with Gasteiger partial charge in [-0.15, -0.1) is 0 Å². The molecule has 0 unspecified atom stereocenters. The van der Waals surface area contributed by atoms with E-state index in [9.17, 15) is 23.2 Å². The second kappa shape index (κ2) is 11.8. The Morgan fingerprint density at radius 1 is 1.21 bits per heavy atom. The summed E-state index contributed by atoms with van der Waals surface area (Å²) in [5.74, 6) is -4.97. The number of ether oxygens (including phenoxy) is 1. The average molecular weight is 530 g/mol. The summed E-state index contributed by atoms with van der Waals surface area (Å²) in [5, 5.41) is 5.35. The van der Waals surface area contributed by atoms with Crippen molar-refractivity contribution in [2.24, 2.45) is 17.6 Å². The number of H-pyrrole nitrogens is 1. The highest BCUT2D eigenvalue weighted by Gasteiger charge is 2.38. The fraction of sp³-hybridized carbons (Fsp3) is 0.481. The van der Waals surface area contributed by atoms with Crippen LogP contribution in [0.5, 0.6) is 0 Å². The standard InChI is InChI=1S/C27H33F2N5O4/c1-38-23(35)13-17-7-10-19-21(12-17)34-26(37)27(28,29)11-3-2-4-20(24-31-15-22(19)32-24)33-25(36)18-8-5-16(14-30)6-9-18/h2-3,7,10,12,15-16,18,20H,4-6,8-9,11,13-14,30H2,1H3,(H,31,32)(H,33,36)(H,34,37)/b3-2+/t16?,18?,20-/m0/s1. The van der Waals surface area contributed by atoms with Crippen molar-refractivity contribution in [3.05, 3.63) is 47.9 Å². The van der Waals surface area contributed by atoms with Crippen molar-refractivity contribution < 1.29 is 27.9 Å². The Kier molecular flexibility index (Phi) is 8.55. The number of allylic oxidation sites excluding steroid dienone is 1. The average Bonchev–Trinajstić information content (AvgIpc) is 3.40. The van der Waals surface area contributed by atoms with E-state index in [1.165, 1.54) is 31.5 Å². The van der Waals surface area contributed by atoms with Gasteiger partial charge in [0.15, 0.2) is 0 Å². The molecule has 1 saturated carbocycles. The number of hydrogen-bond acceptors (Lipinski definition) is 6. The van der Waals surface area contributed by atoms with Gasteiger partial charge in [0, 0.05) is 17.9 Å². The minimum Gasteiger partial charge on any atom is -0.469 e. The van der Waals surface area contributed by atoms with Crippen molar-refractivity contribution in [1.82, 2.24) is 15.3 Å². The number of carbonyl (C=O) groups is 3. The molecule has 0 saturated heterocycles. The second-order valence-corrected chi connectivity index (χ2v) is 9.90. The molecular weight excluding hydrogens is 496 g/mol. The molecule has 2 aromatic rings. The molecule has 0 spiro atoms. The van der Waals surface area contributed by atoms with Gasteiger partial charge in [0.1, 0.15) is 5.82 Å². The van der Waals surface area contributed by atoms with Crippen molar-refractivity contribution >= 4 is 23.5 Å². The van der Waals surface area contributed by atoms with Crippen LogP contribution in [0.25, 0.3) is 11.3 Å². The topological polar surface area (TPSA) is 139 Å². The maximum absolute atomic E-state index is 14.7. The van der Waals surface area contributed by atoms with Crippen LogP contribution in [0.3, 0.4) is 0 Å². The fourth-order valence-corrected chi connectivity index (χ4v) is 4.89. The first kappa shape index (κ1) is 27.4. The van der Waals surface area contributed by atoms with Crippen LogP contribution in [-0.2, 0) is 25.5 Å². The lowest BCUT2D eigenvalue weighted by Gasteiger charge is -2.28. The molecule has 4 rings (SSSR count). The van der Waals surface area contributed by atoms with Gasteiger partial charge in [0.25, 0.3) is 5.91 Å². The summed E-state index contributed by atoms with van der Waals surface area (Å²) in [7, 11) is 1.25. The van der Waals surface area contributed by atoms with Crippen LogP contribution in [0.2, 0.25) is 0 Å². The molecule has 38 heavy (non-hydrogen) atoms. The highest BCUT2D eigenvalue weighted by molar-refractivity contribution is 5.99. The maximum atomic E-state index is 14.7. The van der Waals surface area contributed by atoms with E-state index >= 15 is 0 Å². The Bertz CT molecular complexity index is 1200. The number of aromatic nitrogens is 2. The number of carbonyl (C=O) groups excluding carboxylic acids is 3. The van der Waals surface area contributed by atoms with Gasteiger partial charge in [-0.3, -0.25) is 14.4 Å². The number of nitrogens with zero attached hydrogens (tertiary/aromatic N) is 1. The second-order valence-electron chi connectivity index (χ2n) is 9.90. The number of nitrogens with two attached hydrogens (primary N) is 1. The van der Waals surface area contributed by atoms with E-state index in [2.05, 4.69) is 25.3 Å². The summed E-state index contributed by atoms with van der Waals surface area (Å²) < 4.78 is 34.0. The van der Waals surface area contributed by atoms with Gasteiger partial charge in [-0.05, 0) is 56.2 Å². The smallest absolute Gasteiger partial charge is 0.328 e. The number of methoxy groups -OCH3 is 1. The minimum atomic E-state index is -3.67. The van der Waals surface area contributed by atoms with Gasteiger partial charge in [0.2, 0.25) is 5.91 Å². The SMILES string of the molecule is COC(=O)Cc1ccc2c(c1)NC(=O)C(F)(F)C/C=C/C[C@H](NC(=O)C1CCC(CN)CC1)c1ncc-2[nH]1. The first-order valence-electron chi connectivity index (χ1n) is 12.8. The molecule has 1 aliphatic carbocycles. The molecule has 5 N–H and O–H groups in total. The van der Waals surface area contributed by atoms with Crippen LogP contribution >= 0.6 is 0 Å². The molecule has 1 fully saturated rings. The summed E-state index contributed by atoms with van der Waals surface area (Å²) >= 11 is 0. The Labute approximate surface area is 219 Å². The molecule has 2 amide bonds. The van der Waals surface area contributed by atoms with Gasteiger partial charge >= 0.3 is 11.9 Å². The molecule has 1 aliphatic heterocycles. The number of fused-ring (bicyclic) bond motifs is 4. The van der Waals surface area contributed by atoms with Crippen LogP contribution in [0, 0.1) is 11.8 Å². The maximum Gasteiger partial charge on any atom is 0.328 e. The minimum absolute atomic E-state index is 0.0890. The number of aromatic amines is 1. The summed E-state index contributed by atoms with van der Waals surface area (Å²) in [6.07, 6.45) is 6.92. The van der Waals surface area contributed by atoms with Crippen molar-refractivity contribution in [3.8, 4) is 11.3 Å². The zero-order valence-electron chi connectivity index (χ0n) is 21.3. The Hall–Kier alpha value is -3.60. The lowest BCUT2D eigenvalue weighted by molar-refractivity contribution is -0.140. The summed E-state index contributed by atoms with van der Waals surface area (Å²) in [5.41, 5.74) is 7.24. The Morgan fingerprint density at radius 2 is 1.97 bits per heavy atom. The number of rotatable bonds is 5. The third-order valence-electron chi connectivity index (χ3n) is 7.24. The Morgan fingerprint density at radius 3 is 2.68 bits per heavy atom. The normalized spacial score (nSPS) is 24.0. The third-order valence-corrected chi connectivity index (χ3v) is 7.24. The zero-order chi connectivity index (χ0) is 27.3. The van der Waals surface area contributed by atoms with Crippen LogP contribution in [0.4, 0.5) is 14.5 Å². The largest absolute Gasteiger partial charge is 0.469 e. The van der Waals surface area contributed by atoms with Gasteiger partial charge in [0.05, 0.1) is 37.2 Å². The van der Waals surface area contributed by atoms with Crippen LogP contribution in [-0.4, -0.2) is 47.3 Å². The highest BCUT2D eigenvalue weighted by atomic mass is 19.3. The van der Waals surface area contributed by atoms with E-state index in [0.29, 0.717) is 35.1 Å². The third kappa shape index (κ3) is 6.45. The Balaban J connectivity index is 1.64. The van der Waals surface area contributed by atoms with E-state index < -0.39 is 30.3 Å². The number of benzene rings is 1. The fourth-order valence-electron chi connectivity index (χ4n) is 4.89. The predicted octanol–water partition coefficient (Wildman–Crippen LogP) is 3.64. The van der Waals surface area contributed by atoms with Crippen LogP contribution in [0.1, 0.15) is 56.0 Å². The van der Waals surface area contributed by atoms with Crippen LogP contribution in [0.15, 0.2) is 36.5 Å². The molecule has 1 aromatic carbocycles. The summed E-state index contributed by atoms with van der Waals surface area (Å²) in [6, 6.07) is 4.16. The zero-order valence-corrected chi connectivity index (χ0v) is 21.3. The molecule has 2 aliphatic rings. The van der Waals surface area contributed by atoms with E-state index in [4.69, 9.17) is 5.73 Å². The molecule has 0 radical (unpaired) electrons. The van der Waals surface area contributed by atoms with Gasteiger partial charge in [-0.1, -0.05) is 24.3 Å². The number of alkyl halides is 2. The van der Waals surface area contributed by atoms with Crippen molar-refractivity contribution in [1.29, 1.82) is 0 Å². The quantitative estimate of drug-likeness (QED) is 0.345. The number of anilines is 1. The molecule has 204 valence electrons. The highest BCUT2D eigenvalue weighted by Crippen LogP contribution is 2.33. The first-order chi connectivity index (χ1) is 18.2. The van der Waals surface area contributed by atoms with E-state index in [-0.39, 0.29) is 30.4 Å². The lowest BCUT2D eigenvalue weighted by Crippen LogP contribution is -2.36. The molecule has 11 heteroatoms. The predicted molar refractivity (Wildman–Crippen MR) is 137 cm³/mol. The number of hydrogen-bond donors (Lipinski definition) is 4. The first-order valence-corrected chi connectivity index (χ1v) is 12.8. The van der Waals surface area contributed by atoms with Gasteiger partial charge in [-0.2, -0.15) is 8.78 Å². The van der Waals surface area contributed by atoms with E-state index in [0.717, 1.165) is 25.7 Å². The van der Waals surface area contributed by atoms with Gasteiger partial charge in [-0.25, -0.2) is 4.98 Å². The van der Waals surface area contributed by atoms with Crippen molar-refractivity contribution in [3.63, 3.8) is 0 Å². The molecular formula is C27H33F2N5O4. The lowest BCUT2D eigenvalue weighted by atomic mass is 9.81. The van der Waals surface area contributed by atoms with E-state index in [1.54, 1.807) is 12.1 Å². The number of imidazole rings is 1. The molecule has 2 heterocycles. The van der Waals surface area contributed by atoms with Gasteiger partial charge < -0.3 is 26.1 Å². The summed E-state index contributed by atoms with van der Waals surface area (Å²) in [4.78, 5) is 45.0. The van der Waals surface area contributed by atoms with E-state index in [1.807, 2.05) is 0 Å². The molecule has 1 aromatic heterocycles. The van der Waals surface area contributed by atoms with Crippen molar-refractivity contribution in [2.75, 3.05) is 19.0 Å². The number of amides is 2. The number of esters is 1. The molecule has 1 atom stereocenters. The number of halogens is 2. The molecule has 2 bridgehead atoms. The van der Waals surface area contributed by atoms with Crippen molar-refractivity contribution in [2.45, 2.75) is 56.9 Å². The molecule has 9 nitrogen and oxygen atoms in total. The number of nitrogens with one attached hydrogen (secondary N) is 3. The summed E-state index contributed by atoms with van der Waals surface area (Å²) in [6.45, 7) is 0.616. The van der Waals surface area contributed by atoms with Crippen LogP contribution < -0.4 is 16.4 Å².